The molecule has 17 heavy (non-hydrogen) atoms. The summed E-state index contributed by atoms with van der Waals surface area (Å²) in [6.45, 7) is 0.597. The van der Waals surface area contributed by atoms with Crippen LogP contribution in [0.25, 0.3) is 0 Å². The Bertz CT molecular complexity index is 520. The van der Waals surface area contributed by atoms with Crippen molar-refractivity contribution in [1.29, 1.82) is 0 Å². The van der Waals surface area contributed by atoms with Gasteiger partial charge in [0.25, 0.3) is 5.91 Å². The molecule has 4 nitrogen and oxygen atoms in total. The van der Waals surface area contributed by atoms with E-state index in [1.165, 1.54) is 11.3 Å². The number of hydrogen-bond acceptors (Lipinski definition) is 3. The fourth-order valence-electron chi connectivity index (χ4n) is 1.44. The van der Waals surface area contributed by atoms with E-state index in [4.69, 9.17) is 0 Å². The summed E-state index contributed by atoms with van der Waals surface area (Å²) in [6.07, 6.45) is 2.64. The molecule has 0 unspecified atom stereocenters. The molecule has 90 valence electrons. The Labute approximate surface area is 112 Å². The molecule has 0 aliphatic rings. The van der Waals surface area contributed by atoms with Crippen LogP contribution >= 0.6 is 27.3 Å². The van der Waals surface area contributed by atoms with Crippen LogP contribution in [0.15, 0.2) is 28.2 Å². The van der Waals surface area contributed by atoms with Gasteiger partial charge in [0.2, 0.25) is 0 Å². The molecule has 0 aliphatic heterocycles. The Hall–Kier alpha value is -1.14. The van der Waals surface area contributed by atoms with Crippen molar-refractivity contribution in [2.24, 2.45) is 7.05 Å². The van der Waals surface area contributed by atoms with Gasteiger partial charge in [0.05, 0.1) is 5.69 Å². The van der Waals surface area contributed by atoms with Crippen LogP contribution in [0.2, 0.25) is 0 Å². The highest BCUT2D eigenvalue weighted by molar-refractivity contribution is 9.10. The van der Waals surface area contributed by atoms with E-state index in [1.54, 1.807) is 4.68 Å². The summed E-state index contributed by atoms with van der Waals surface area (Å²) in [7, 11) is 1.88. The van der Waals surface area contributed by atoms with E-state index in [1.807, 2.05) is 30.8 Å². The summed E-state index contributed by atoms with van der Waals surface area (Å²) in [5.41, 5.74) is 0.984. The smallest absolute Gasteiger partial charge is 0.262 e. The lowest BCUT2D eigenvalue weighted by atomic mass is 10.3. The normalized spacial score (nSPS) is 10.5. The molecule has 0 radical (unpaired) electrons. The molecule has 2 heterocycles. The number of carbonyl (C=O) groups is 1. The third-order valence-corrected chi connectivity index (χ3v) is 4.10. The van der Waals surface area contributed by atoms with Gasteiger partial charge in [-0.3, -0.25) is 9.48 Å². The van der Waals surface area contributed by atoms with E-state index in [0.717, 1.165) is 16.6 Å². The van der Waals surface area contributed by atoms with E-state index < -0.39 is 0 Å². The molecular formula is C11H12BrN3OS. The summed E-state index contributed by atoms with van der Waals surface area (Å²) in [4.78, 5) is 12.5. The van der Waals surface area contributed by atoms with E-state index in [0.29, 0.717) is 11.4 Å². The molecule has 6 heteroatoms. The Morgan fingerprint density at radius 3 is 3.00 bits per heavy atom. The summed E-state index contributed by atoms with van der Waals surface area (Å²) >= 11 is 4.77. The zero-order chi connectivity index (χ0) is 12.3. The van der Waals surface area contributed by atoms with Gasteiger partial charge in [-0.05, 0) is 33.4 Å². The molecule has 0 aromatic carbocycles. The average Bonchev–Trinajstić information content (AvgIpc) is 2.87. The lowest BCUT2D eigenvalue weighted by Crippen LogP contribution is -2.25. The maximum Gasteiger partial charge on any atom is 0.262 e. The van der Waals surface area contributed by atoms with Crippen LogP contribution in [0.3, 0.4) is 0 Å². The standard InChI is InChI=1S/C11H12BrN3OS/c1-15-6-3-8(14-15)2-5-13-11(16)10-9(12)4-7-17-10/h3-4,6-7H,2,5H2,1H3,(H,13,16). The van der Waals surface area contributed by atoms with Crippen LogP contribution in [0, 0.1) is 0 Å². The van der Waals surface area contributed by atoms with Gasteiger partial charge in [-0.15, -0.1) is 11.3 Å². The minimum absolute atomic E-state index is 0.0391. The summed E-state index contributed by atoms with van der Waals surface area (Å²) in [5.74, 6) is -0.0391. The van der Waals surface area contributed by atoms with Crippen molar-refractivity contribution in [1.82, 2.24) is 15.1 Å². The topological polar surface area (TPSA) is 46.9 Å². The summed E-state index contributed by atoms with van der Waals surface area (Å²) in [5, 5.41) is 9.01. The van der Waals surface area contributed by atoms with Gasteiger partial charge in [-0.1, -0.05) is 0 Å². The highest BCUT2D eigenvalue weighted by atomic mass is 79.9. The van der Waals surface area contributed by atoms with Gasteiger partial charge in [0.1, 0.15) is 4.88 Å². The minimum Gasteiger partial charge on any atom is -0.351 e. The van der Waals surface area contributed by atoms with Crippen LogP contribution in [-0.2, 0) is 13.5 Å². The molecular weight excluding hydrogens is 302 g/mol. The van der Waals surface area contributed by atoms with Crippen LogP contribution in [0.5, 0.6) is 0 Å². The number of aromatic nitrogens is 2. The zero-order valence-electron chi connectivity index (χ0n) is 9.31. The maximum atomic E-state index is 11.8. The first-order chi connectivity index (χ1) is 8.16. The molecule has 0 aliphatic carbocycles. The van der Waals surface area contributed by atoms with Crippen molar-refractivity contribution in [2.45, 2.75) is 6.42 Å². The minimum atomic E-state index is -0.0391. The number of thiophene rings is 1. The number of amides is 1. The highest BCUT2D eigenvalue weighted by Crippen LogP contribution is 2.22. The first-order valence-corrected chi connectivity index (χ1v) is 6.84. The Morgan fingerprint density at radius 1 is 1.59 bits per heavy atom. The Morgan fingerprint density at radius 2 is 2.41 bits per heavy atom. The number of hydrogen-bond donors (Lipinski definition) is 1. The zero-order valence-corrected chi connectivity index (χ0v) is 11.7. The molecule has 0 saturated heterocycles. The SMILES string of the molecule is Cn1ccc(CCNC(=O)c2sccc2Br)n1. The van der Waals surface area contributed by atoms with Crippen molar-refractivity contribution in [3.63, 3.8) is 0 Å². The van der Waals surface area contributed by atoms with Gasteiger partial charge >= 0.3 is 0 Å². The fraction of sp³-hybridized carbons (Fsp3) is 0.273. The highest BCUT2D eigenvalue weighted by Gasteiger charge is 2.10. The number of nitrogens with one attached hydrogen (secondary N) is 1. The number of halogens is 1. The molecule has 0 saturated carbocycles. The average molecular weight is 314 g/mol. The second-order valence-electron chi connectivity index (χ2n) is 3.58. The second-order valence-corrected chi connectivity index (χ2v) is 5.35. The van der Waals surface area contributed by atoms with Gasteiger partial charge in [-0.2, -0.15) is 5.10 Å². The third-order valence-electron chi connectivity index (χ3n) is 2.26. The van der Waals surface area contributed by atoms with E-state index in [9.17, 15) is 4.79 Å². The van der Waals surface area contributed by atoms with Crippen molar-refractivity contribution >= 4 is 33.2 Å². The van der Waals surface area contributed by atoms with Gasteiger partial charge in [-0.25, -0.2) is 0 Å². The van der Waals surface area contributed by atoms with Crippen LogP contribution in [0.1, 0.15) is 15.4 Å². The number of rotatable bonds is 4. The molecule has 0 bridgehead atoms. The van der Waals surface area contributed by atoms with Crippen molar-refractivity contribution in [3.8, 4) is 0 Å². The third kappa shape index (κ3) is 3.17. The predicted molar refractivity (Wildman–Crippen MR) is 71.3 cm³/mol. The van der Waals surface area contributed by atoms with Crippen LogP contribution < -0.4 is 5.32 Å². The summed E-state index contributed by atoms with van der Waals surface area (Å²) in [6, 6.07) is 3.82. The number of aryl methyl sites for hydroxylation is 1. The van der Waals surface area contributed by atoms with Crippen molar-refractivity contribution in [3.05, 3.63) is 38.8 Å². The van der Waals surface area contributed by atoms with E-state index in [2.05, 4.69) is 26.3 Å². The molecule has 1 N–H and O–H groups in total. The quantitative estimate of drug-likeness (QED) is 0.940. The van der Waals surface area contributed by atoms with Crippen molar-refractivity contribution in [2.75, 3.05) is 6.54 Å². The molecule has 1 amide bonds. The Kier molecular flexibility index (Phi) is 3.96. The molecule has 0 spiro atoms. The fourth-order valence-corrected chi connectivity index (χ4v) is 2.90. The monoisotopic (exact) mass is 313 g/mol. The van der Waals surface area contributed by atoms with Crippen LogP contribution in [0.4, 0.5) is 0 Å². The number of carbonyl (C=O) groups excluding carboxylic acids is 1. The largest absolute Gasteiger partial charge is 0.351 e. The first-order valence-electron chi connectivity index (χ1n) is 5.16. The molecule has 0 fully saturated rings. The van der Waals surface area contributed by atoms with Crippen LogP contribution in [-0.4, -0.2) is 22.2 Å². The first kappa shape index (κ1) is 12.3. The molecule has 2 aromatic heterocycles. The predicted octanol–water partition coefficient (Wildman–Crippen LogP) is 2.22. The van der Waals surface area contributed by atoms with Gasteiger partial charge in [0, 0.05) is 30.7 Å². The lowest BCUT2D eigenvalue weighted by Gasteiger charge is -2.02. The van der Waals surface area contributed by atoms with E-state index in [-0.39, 0.29) is 5.91 Å². The molecule has 0 atom stereocenters. The Balaban J connectivity index is 1.83. The lowest BCUT2D eigenvalue weighted by molar-refractivity contribution is 0.0957. The van der Waals surface area contributed by atoms with E-state index >= 15 is 0 Å². The maximum absolute atomic E-state index is 11.8. The summed E-state index contributed by atoms with van der Waals surface area (Å²) < 4.78 is 2.60. The number of nitrogens with zero attached hydrogens (tertiary/aromatic N) is 2. The van der Waals surface area contributed by atoms with Gasteiger partial charge < -0.3 is 5.32 Å². The molecule has 2 rings (SSSR count). The second kappa shape index (κ2) is 5.46. The van der Waals surface area contributed by atoms with Gasteiger partial charge in [0.15, 0.2) is 0 Å². The van der Waals surface area contributed by atoms with Crippen molar-refractivity contribution < 1.29 is 4.79 Å². The molecule has 2 aromatic rings.